The van der Waals surface area contributed by atoms with Crippen LogP contribution in [0.15, 0.2) is 60.8 Å². The van der Waals surface area contributed by atoms with Crippen molar-refractivity contribution in [1.29, 1.82) is 0 Å². The van der Waals surface area contributed by atoms with E-state index in [-0.39, 0.29) is 53.8 Å². The summed E-state index contributed by atoms with van der Waals surface area (Å²) in [5, 5.41) is 16.4. The number of benzene rings is 3. The molecule has 0 aliphatic carbocycles. The molecule has 3 aromatic carbocycles. The highest BCUT2D eigenvalue weighted by Crippen LogP contribution is 2.41. The fourth-order valence-electron chi connectivity index (χ4n) is 7.18. The highest BCUT2D eigenvalue weighted by molar-refractivity contribution is 7.91. The van der Waals surface area contributed by atoms with E-state index >= 15 is 8.78 Å². The highest BCUT2D eigenvalue weighted by Gasteiger charge is 2.36. The van der Waals surface area contributed by atoms with E-state index in [0.29, 0.717) is 47.1 Å². The van der Waals surface area contributed by atoms with Crippen molar-refractivity contribution in [2.75, 3.05) is 18.1 Å². The Labute approximate surface area is 302 Å². The number of carbonyl (C=O) groups is 1. The molecule has 2 unspecified atom stereocenters. The van der Waals surface area contributed by atoms with Crippen LogP contribution >= 0.6 is 0 Å². The van der Waals surface area contributed by atoms with E-state index in [1.165, 1.54) is 28.9 Å². The van der Waals surface area contributed by atoms with Gasteiger partial charge in [-0.3, -0.25) is 4.79 Å². The molecule has 276 valence electrons. The van der Waals surface area contributed by atoms with E-state index in [0.717, 1.165) is 5.56 Å². The number of esters is 1. The van der Waals surface area contributed by atoms with Crippen LogP contribution in [0, 0.1) is 17.0 Å². The number of sulfone groups is 1. The monoisotopic (exact) mass is 734 g/mol. The van der Waals surface area contributed by atoms with Gasteiger partial charge in [-0.25, -0.2) is 26.9 Å². The normalized spacial score (nSPS) is 19.5. The van der Waals surface area contributed by atoms with Crippen LogP contribution in [0.1, 0.15) is 82.0 Å². The van der Waals surface area contributed by atoms with Gasteiger partial charge in [-0.15, -0.1) is 0 Å². The van der Waals surface area contributed by atoms with Gasteiger partial charge in [0.05, 0.1) is 41.6 Å². The second-order valence-electron chi connectivity index (χ2n) is 14.6. The molecule has 1 aliphatic heterocycles. The van der Waals surface area contributed by atoms with Crippen LogP contribution in [0.5, 0.6) is 11.5 Å². The summed E-state index contributed by atoms with van der Waals surface area (Å²) in [5.74, 6) is -1.50. The zero-order valence-electron chi connectivity index (χ0n) is 30.0. The molecular formula is C39H44F2N4O6S. The van der Waals surface area contributed by atoms with Crippen molar-refractivity contribution in [2.45, 2.75) is 71.3 Å². The van der Waals surface area contributed by atoms with Gasteiger partial charge in [0.1, 0.15) is 11.6 Å². The number of nitrogens with zero attached hydrogens (tertiary/aromatic N) is 3. The number of hydrogen-bond donors (Lipinski definition) is 2. The molecule has 3 heterocycles. The number of hydrogen-bond acceptors (Lipinski definition) is 8. The van der Waals surface area contributed by atoms with Gasteiger partial charge in [0.2, 0.25) is 0 Å². The fourth-order valence-corrected chi connectivity index (χ4v) is 9.17. The molecule has 5 aromatic rings. The first-order chi connectivity index (χ1) is 24.6. The van der Waals surface area contributed by atoms with Crippen LogP contribution in [0.2, 0.25) is 0 Å². The molecule has 0 radical (unpaired) electrons. The molecule has 2 aromatic heterocycles. The summed E-state index contributed by atoms with van der Waals surface area (Å²) < 4.78 is 71.3. The van der Waals surface area contributed by atoms with Crippen molar-refractivity contribution in [3.63, 3.8) is 0 Å². The maximum absolute atomic E-state index is 15.7. The van der Waals surface area contributed by atoms with Crippen LogP contribution in [-0.2, 0) is 38.3 Å². The molecular weight excluding hydrogens is 691 g/mol. The largest absolute Gasteiger partial charge is 0.466 e. The second kappa shape index (κ2) is 14.4. The maximum atomic E-state index is 15.7. The van der Waals surface area contributed by atoms with Crippen molar-refractivity contribution in [3.8, 4) is 22.9 Å². The molecule has 2 N–H and O–H groups in total. The molecule has 2 atom stereocenters. The average molecular weight is 735 g/mol. The molecule has 0 amide bonds. The second-order valence-corrected chi connectivity index (χ2v) is 16.8. The minimum Gasteiger partial charge on any atom is -0.466 e. The van der Waals surface area contributed by atoms with Crippen LogP contribution in [0.25, 0.3) is 22.3 Å². The van der Waals surface area contributed by atoms with Crippen LogP contribution in [0.4, 0.5) is 8.78 Å². The SMILES string of the molecule is CCOC(=O)CC(O)c1cccc(C2(C)CCCC(C)(C)CS(=O)(=O)CCc3c(c(F)cc4[nH]ccc34)Oc3ccc(F)c(c3)-c3nc2nn3C)c1. The van der Waals surface area contributed by atoms with E-state index in [4.69, 9.17) is 19.6 Å². The van der Waals surface area contributed by atoms with E-state index in [2.05, 4.69) is 4.98 Å². The van der Waals surface area contributed by atoms with E-state index < -0.39 is 44.4 Å². The standard InChI is InChI=1S/C39H44F2N4O6S/c1-6-50-34(47)22-33(46)24-9-7-10-25(19-24)39(4)16-8-15-38(2,3)23-52(48,49)18-14-28-27-13-17-42-32(27)21-31(41)35(28)51-26-11-12-30(40)29(20-26)36-43-37(39)44-45(36)5/h7,9-13,17,19-21,33,42,46H,6,8,14-16,18,22-23H2,1-5H3. The Kier molecular flexibility index (Phi) is 10.3. The number of fused-ring (bicyclic) bond motifs is 8. The molecule has 52 heavy (non-hydrogen) atoms. The number of aromatic nitrogens is 4. The maximum Gasteiger partial charge on any atom is 0.308 e. The molecule has 4 bridgehead atoms. The zero-order chi connectivity index (χ0) is 37.4. The molecule has 6 rings (SSSR count). The van der Waals surface area contributed by atoms with Gasteiger partial charge in [0, 0.05) is 35.8 Å². The minimum atomic E-state index is -3.62. The number of ether oxygens (including phenoxy) is 2. The summed E-state index contributed by atoms with van der Waals surface area (Å²) in [5.41, 5.74) is 0.750. The summed E-state index contributed by atoms with van der Waals surface area (Å²) in [4.78, 5) is 20.0. The van der Waals surface area contributed by atoms with Crippen molar-refractivity contribution in [3.05, 3.63) is 94.9 Å². The number of aliphatic hydroxyl groups is 1. The summed E-state index contributed by atoms with van der Waals surface area (Å²) in [7, 11) is -1.96. The Bertz CT molecular complexity index is 2230. The Morgan fingerprint density at radius 1 is 1.10 bits per heavy atom. The van der Waals surface area contributed by atoms with Crippen molar-refractivity contribution >= 4 is 26.7 Å². The van der Waals surface area contributed by atoms with Gasteiger partial charge >= 0.3 is 5.97 Å². The lowest BCUT2D eigenvalue weighted by atomic mass is 9.75. The Hall–Kier alpha value is -4.62. The van der Waals surface area contributed by atoms with Gasteiger partial charge in [-0.2, -0.15) is 5.10 Å². The molecule has 0 saturated carbocycles. The Morgan fingerprint density at radius 2 is 1.88 bits per heavy atom. The number of aryl methyl sites for hydroxylation is 2. The Morgan fingerprint density at radius 3 is 2.65 bits per heavy atom. The predicted molar refractivity (Wildman–Crippen MR) is 194 cm³/mol. The molecule has 10 nitrogen and oxygen atoms in total. The van der Waals surface area contributed by atoms with E-state index in [1.54, 1.807) is 38.4 Å². The van der Waals surface area contributed by atoms with Gasteiger partial charge in [0.25, 0.3) is 0 Å². The molecule has 13 heteroatoms. The van der Waals surface area contributed by atoms with Gasteiger partial charge in [-0.05, 0) is 73.9 Å². The summed E-state index contributed by atoms with van der Waals surface area (Å²) in [6.45, 7) is 7.69. The third-order valence-corrected chi connectivity index (χ3v) is 11.9. The number of halogens is 2. The highest BCUT2D eigenvalue weighted by atomic mass is 32.2. The predicted octanol–water partition coefficient (Wildman–Crippen LogP) is 7.49. The third-order valence-electron chi connectivity index (χ3n) is 9.90. The number of carbonyl (C=O) groups excluding carboxylic acids is 1. The summed E-state index contributed by atoms with van der Waals surface area (Å²) >= 11 is 0. The number of H-pyrrole nitrogens is 1. The summed E-state index contributed by atoms with van der Waals surface area (Å²) in [6.07, 6.45) is 1.95. The molecule has 1 aliphatic rings. The quantitative estimate of drug-likeness (QED) is 0.177. The van der Waals surface area contributed by atoms with Gasteiger partial charge in [-0.1, -0.05) is 44.5 Å². The van der Waals surface area contributed by atoms with Gasteiger partial charge in [0.15, 0.2) is 33.1 Å². The summed E-state index contributed by atoms with van der Waals surface area (Å²) in [6, 6.07) is 14.3. The lowest BCUT2D eigenvalue weighted by Crippen LogP contribution is -2.29. The topological polar surface area (TPSA) is 136 Å². The van der Waals surface area contributed by atoms with E-state index in [1.807, 2.05) is 32.9 Å². The molecule has 0 spiro atoms. The number of aromatic amines is 1. The third kappa shape index (κ3) is 7.75. The molecule has 0 fully saturated rings. The fraction of sp³-hybridized carbons (Fsp3) is 0.410. The molecule has 0 saturated heterocycles. The van der Waals surface area contributed by atoms with Crippen LogP contribution < -0.4 is 4.74 Å². The number of aliphatic hydroxyl groups excluding tert-OH is 1. The first kappa shape index (κ1) is 37.1. The lowest BCUT2D eigenvalue weighted by molar-refractivity contribution is -0.145. The van der Waals surface area contributed by atoms with Crippen LogP contribution in [-0.4, -0.2) is 57.4 Å². The minimum absolute atomic E-state index is 0.0109. The smallest absolute Gasteiger partial charge is 0.308 e. The van der Waals surface area contributed by atoms with Crippen molar-refractivity contribution in [2.24, 2.45) is 12.5 Å². The lowest BCUT2D eigenvalue weighted by Gasteiger charge is -2.31. The first-order valence-corrected chi connectivity index (χ1v) is 19.2. The average Bonchev–Trinajstić information content (AvgIpc) is 3.71. The zero-order valence-corrected chi connectivity index (χ0v) is 30.8. The van der Waals surface area contributed by atoms with Gasteiger partial charge < -0.3 is 19.6 Å². The number of nitrogens with one attached hydrogen (secondary N) is 1. The first-order valence-electron chi connectivity index (χ1n) is 17.4. The van der Waals surface area contributed by atoms with Crippen molar-refractivity contribution in [1.82, 2.24) is 19.7 Å². The van der Waals surface area contributed by atoms with E-state index in [9.17, 15) is 18.3 Å². The van der Waals surface area contributed by atoms with Crippen LogP contribution in [0.3, 0.4) is 0 Å². The number of rotatable bonds is 5. The Balaban J connectivity index is 1.48. The van der Waals surface area contributed by atoms with Crippen molar-refractivity contribution < 1.29 is 36.6 Å².